The Morgan fingerprint density at radius 2 is 1.63 bits per heavy atom. The van der Waals surface area contributed by atoms with E-state index >= 15 is 0 Å². The summed E-state index contributed by atoms with van der Waals surface area (Å²) in [6.45, 7) is 0.303. The Hall–Kier alpha value is -4.34. The number of hydrogen-bond donors (Lipinski definition) is 1. The number of pyridine rings is 1. The molecule has 0 aliphatic carbocycles. The number of rotatable bonds is 10. The van der Waals surface area contributed by atoms with E-state index in [4.69, 9.17) is 28.4 Å². The van der Waals surface area contributed by atoms with Gasteiger partial charge in [-0.1, -0.05) is 30.3 Å². The van der Waals surface area contributed by atoms with E-state index in [0.29, 0.717) is 5.75 Å². The van der Waals surface area contributed by atoms with Crippen molar-refractivity contribution >= 4 is 16.7 Å². The van der Waals surface area contributed by atoms with E-state index in [0.717, 1.165) is 22.8 Å². The highest BCUT2D eigenvalue weighted by Gasteiger charge is 2.31. The number of fused-ring (bicyclic) bond motifs is 1. The van der Waals surface area contributed by atoms with Crippen molar-refractivity contribution in [3.63, 3.8) is 0 Å². The topological polar surface area (TPSA) is 106 Å². The minimum atomic E-state index is -1.24. The minimum Gasteiger partial charge on any atom is -0.504 e. The van der Waals surface area contributed by atoms with E-state index in [9.17, 15) is 9.90 Å². The van der Waals surface area contributed by atoms with Crippen LogP contribution in [0, 0.1) is 6.92 Å². The number of aromatic nitrogens is 1. The Bertz CT molecular complexity index is 1430. The van der Waals surface area contributed by atoms with Crippen LogP contribution >= 0.6 is 0 Å². The third kappa shape index (κ3) is 5.34. The highest BCUT2D eigenvalue weighted by molar-refractivity contribution is 5.97. The van der Waals surface area contributed by atoms with Gasteiger partial charge in [0.1, 0.15) is 11.3 Å². The Labute approximate surface area is 220 Å². The molecule has 0 radical (unpaired) electrons. The first-order valence-corrected chi connectivity index (χ1v) is 11.7. The number of carbonyl (C=O) groups is 1. The van der Waals surface area contributed by atoms with E-state index in [1.54, 1.807) is 18.3 Å². The van der Waals surface area contributed by atoms with Crippen LogP contribution in [0.2, 0.25) is 0 Å². The first-order valence-electron chi connectivity index (χ1n) is 11.7. The molecule has 0 saturated carbocycles. The number of phenolic OH excluding ortho intramolecular Hbond substituents is 1. The summed E-state index contributed by atoms with van der Waals surface area (Å²) in [5, 5.41) is 13.2. The molecule has 0 fully saturated rings. The van der Waals surface area contributed by atoms with Gasteiger partial charge in [-0.3, -0.25) is 4.98 Å². The molecular formula is C29H29NO8. The van der Waals surface area contributed by atoms with Crippen LogP contribution in [0.15, 0.2) is 60.9 Å². The number of esters is 1. The van der Waals surface area contributed by atoms with Crippen molar-refractivity contribution in [1.29, 1.82) is 0 Å². The van der Waals surface area contributed by atoms with Crippen LogP contribution < -0.4 is 14.2 Å². The summed E-state index contributed by atoms with van der Waals surface area (Å²) < 4.78 is 32.0. The van der Waals surface area contributed by atoms with Crippen molar-refractivity contribution in [1.82, 2.24) is 4.98 Å². The van der Waals surface area contributed by atoms with Crippen molar-refractivity contribution < 1.29 is 38.3 Å². The van der Waals surface area contributed by atoms with Crippen molar-refractivity contribution in [2.24, 2.45) is 0 Å². The summed E-state index contributed by atoms with van der Waals surface area (Å²) in [6, 6.07) is 15.7. The van der Waals surface area contributed by atoms with E-state index < -0.39 is 12.4 Å². The van der Waals surface area contributed by atoms with Crippen molar-refractivity contribution in [2.45, 2.75) is 19.8 Å². The first-order chi connectivity index (χ1) is 18.4. The van der Waals surface area contributed by atoms with E-state index in [1.807, 2.05) is 36.5 Å². The summed E-state index contributed by atoms with van der Waals surface area (Å²) in [6.07, 6.45) is 4.37. The van der Waals surface area contributed by atoms with Gasteiger partial charge in [-0.05, 0) is 48.1 Å². The molecule has 9 nitrogen and oxygen atoms in total. The average Bonchev–Trinajstić information content (AvgIpc) is 2.95. The van der Waals surface area contributed by atoms with Gasteiger partial charge in [-0.25, -0.2) is 4.79 Å². The van der Waals surface area contributed by atoms with Gasteiger partial charge in [-0.15, -0.1) is 0 Å². The lowest BCUT2D eigenvalue weighted by atomic mass is 9.99. The molecule has 1 heterocycles. The van der Waals surface area contributed by atoms with Crippen LogP contribution in [-0.4, -0.2) is 51.0 Å². The fourth-order valence-corrected chi connectivity index (χ4v) is 4.20. The Kier molecular flexibility index (Phi) is 8.30. The standard InChI is InChI=1S/C29H29NO8/c1-17-23(28(32)38-29(35-4)36-5)25(33-2)27(34-3)26(24(17)31)37-21-11-9-18(10-12-21)15-19-7-6-8-20-16-30-14-13-22(19)20/h6-14,16,29,31H,15H2,1-5H3. The molecule has 4 rings (SSSR count). The van der Waals surface area contributed by atoms with E-state index in [2.05, 4.69) is 11.1 Å². The lowest BCUT2D eigenvalue weighted by molar-refractivity contribution is -0.235. The second-order valence-electron chi connectivity index (χ2n) is 8.35. The minimum absolute atomic E-state index is 0.00253. The summed E-state index contributed by atoms with van der Waals surface area (Å²) in [7, 11) is 5.40. The molecule has 9 heteroatoms. The lowest BCUT2D eigenvalue weighted by Crippen LogP contribution is -2.23. The normalized spacial score (nSPS) is 11.0. The molecule has 0 bridgehead atoms. The quantitative estimate of drug-likeness (QED) is 0.218. The fraction of sp³-hybridized carbons (Fsp3) is 0.241. The summed E-state index contributed by atoms with van der Waals surface area (Å²) >= 11 is 0. The predicted octanol–water partition coefficient (Wildman–Crippen LogP) is 5.38. The van der Waals surface area contributed by atoms with Crippen molar-refractivity contribution in [2.75, 3.05) is 28.4 Å². The molecule has 0 unspecified atom stereocenters. The van der Waals surface area contributed by atoms with Crippen LogP contribution in [0.25, 0.3) is 10.8 Å². The van der Waals surface area contributed by atoms with Gasteiger partial charge in [0.25, 0.3) is 0 Å². The lowest BCUT2D eigenvalue weighted by Gasteiger charge is -2.21. The molecule has 0 spiro atoms. The smallest absolute Gasteiger partial charge is 0.346 e. The zero-order valence-electron chi connectivity index (χ0n) is 21.8. The van der Waals surface area contributed by atoms with Crippen molar-refractivity contribution in [3.05, 3.63) is 83.2 Å². The van der Waals surface area contributed by atoms with Crippen LogP contribution in [0.3, 0.4) is 0 Å². The molecule has 1 aromatic heterocycles. The first kappa shape index (κ1) is 26.7. The van der Waals surface area contributed by atoms with Gasteiger partial charge in [0, 0.05) is 37.6 Å². The highest BCUT2D eigenvalue weighted by atomic mass is 16.8. The summed E-state index contributed by atoms with van der Waals surface area (Å²) in [5.74, 6) is -0.600. The maximum absolute atomic E-state index is 12.9. The zero-order chi connectivity index (χ0) is 27.2. The highest BCUT2D eigenvalue weighted by Crippen LogP contribution is 2.50. The monoisotopic (exact) mass is 519 g/mol. The number of benzene rings is 3. The second-order valence-corrected chi connectivity index (χ2v) is 8.35. The number of hydrogen-bond acceptors (Lipinski definition) is 9. The van der Waals surface area contributed by atoms with E-state index in [-0.39, 0.29) is 34.1 Å². The maximum Gasteiger partial charge on any atom is 0.346 e. The molecular weight excluding hydrogens is 490 g/mol. The maximum atomic E-state index is 12.9. The molecule has 38 heavy (non-hydrogen) atoms. The Balaban J connectivity index is 1.63. The Morgan fingerprint density at radius 3 is 2.29 bits per heavy atom. The molecule has 0 amide bonds. The molecule has 0 atom stereocenters. The molecule has 0 aliphatic heterocycles. The number of ether oxygens (including phenoxy) is 6. The van der Waals surface area contributed by atoms with Gasteiger partial charge < -0.3 is 33.5 Å². The molecule has 0 saturated heterocycles. The van der Waals surface area contributed by atoms with E-state index in [1.165, 1.54) is 40.9 Å². The van der Waals surface area contributed by atoms with Gasteiger partial charge in [0.05, 0.1) is 14.2 Å². The number of nitrogens with zero attached hydrogens (tertiary/aromatic N) is 1. The largest absolute Gasteiger partial charge is 0.504 e. The van der Waals surface area contributed by atoms with Crippen LogP contribution in [0.1, 0.15) is 27.0 Å². The van der Waals surface area contributed by atoms with Crippen LogP contribution in [0.4, 0.5) is 0 Å². The van der Waals surface area contributed by atoms with Crippen molar-refractivity contribution in [3.8, 4) is 28.7 Å². The number of phenols is 1. The molecule has 3 aromatic carbocycles. The zero-order valence-corrected chi connectivity index (χ0v) is 21.8. The number of carbonyl (C=O) groups excluding carboxylic acids is 1. The number of methoxy groups -OCH3 is 4. The Morgan fingerprint density at radius 1 is 0.921 bits per heavy atom. The summed E-state index contributed by atoms with van der Waals surface area (Å²) in [4.78, 5) is 17.1. The van der Waals surface area contributed by atoms with Gasteiger partial charge in [0.15, 0.2) is 11.5 Å². The van der Waals surface area contributed by atoms with Gasteiger partial charge >= 0.3 is 12.4 Å². The predicted molar refractivity (Wildman–Crippen MR) is 140 cm³/mol. The molecule has 1 N–H and O–H groups in total. The SMILES string of the molecule is COc1c(Oc2ccc(Cc3cccc4cnccc34)cc2)c(O)c(C)c(C(=O)OC(OC)OC)c1OC. The van der Waals surface area contributed by atoms with Crippen LogP contribution in [-0.2, 0) is 20.6 Å². The average molecular weight is 520 g/mol. The third-order valence-electron chi connectivity index (χ3n) is 6.09. The van der Waals surface area contributed by atoms with Gasteiger partial charge in [-0.2, -0.15) is 0 Å². The molecule has 198 valence electrons. The van der Waals surface area contributed by atoms with Crippen LogP contribution in [0.5, 0.6) is 28.7 Å². The third-order valence-corrected chi connectivity index (χ3v) is 6.09. The fourth-order valence-electron chi connectivity index (χ4n) is 4.20. The molecule has 0 aliphatic rings. The molecule has 4 aromatic rings. The summed E-state index contributed by atoms with van der Waals surface area (Å²) in [5.41, 5.74) is 2.39. The van der Waals surface area contributed by atoms with Gasteiger partial charge in [0.2, 0.25) is 11.5 Å². The second kappa shape index (κ2) is 11.8. The number of aromatic hydroxyl groups is 1.